The van der Waals surface area contributed by atoms with E-state index in [1.807, 2.05) is 0 Å². The van der Waals surface area contributed by atoms with E-state index in [1.165, 1.54) is 51.7 Å². The monoisotopic (exact) mass is 267 g/mol. The lowest BCUT2D eigenvalue weighted by Crippen LogP contribution is -2.50. The van der Waals surface area contributed by atoms with Crippen molar-refractivity contribution >= 4 is 0 Å². The molecule has 2 N–H and O–H groups in total. The van der Waals surface area contributed by atoms with Gasteiger partial charge in [-0.05, 0) is 57.7 Å². The minimum absolute atomic E-state index is 0.327. The highest BCUT2D eigenvalue weighted by atomic mass is 15.2. The SMILES string of the molecule is CN(CC1CCCC(C)(C)C1N)CC1CCCN1C. The molecule has 1 aliphatic heterocycles. The van der Waals surface area contributed by atoms with Crippen molar-refractivity contribution in [3.63, 3.8) is 0 Å². The number of nitrogens with zero attached hydrogens (tertiary/aromatic N) is 2. The maximum absolute atomic E-state index is 6.50. The van der Waals surface area contributed by atoms with E-state index >= 15 is 0 Å². The topological polar surface area (TPSA) is 32.5 Å². The average molecular weight is 267 g/mol. The lowest BCUT2D eigenvalue weighted by atomic mass is 9.68. The van der Waals surface area contributed by atoms with E-state index in [0.717, 1.165) is 6.04 Å². The van der Waals surface area contributed by atoms with Crippen LogP contribution in [-0.2, 0) is 0 Å². The predicted octanol–water partition coefficient (Wildman–Crippen LogP) is 2.17. The summed E-state index contributed by atoms with van der Waals surface area (Å²) in [4.78, 5) is 5.04. The van der Waals surface area contributed by atoms with Crippen LogP contribution in [-0.4, -0.2) is 55.6 Å². The Morgan fingerprint density at radius 3 is 2.58 bits per heavy atom. The van der Waals surface area contributed by atoms with Crippen LogP contribution in [0.2, 0.25) is 0 Å². The third-order valence-electron chi connectivity index (χ3n) is 5.55. The van der Waals surface area contributed by atoms with Gasteiger partial charge in [-0.3, -0.25) is 0 Å². The Labute approximate surface area is 119 Å². The quantitative estimate of drug-likeness (QED) is 0.847. The molecule has 112 valence electrons. The molecule has 3 atom stereocenters. The number of nitrogens with two attached hydrogens (primary N) is 1. The smallest absolute Gasteiger partial charge is 0.0220 e. The second kappa shape index (κ2) is 6.11. The van der Waals surface area contributed by atoms with Gasteiger partial charge in [0.1, 0.15) is 0 Å². The summed E-state index contributed by atoms with van der Waals surface area (Å²) < 4.78 is 0. The van der Waals surface area contributed by atoms with Crippen LogP contribution >= 0.6 is 0 Å². The van der Waals surface area contributed by atoms with Gasteiger partial charge in [0.25, 0.3) is 0 Å². The molecule has 2 rings (SSSR count). The first-order valence-electron chi connectivity index (χ1n) is 8.04. The number of hydrogen-bond acceptors (Lipinski definition) is 3. The molecule has 1 aliphatic carbocycles. The van der Waals surface area contributed by atoms with Gasteiger partial charge in [0.05, 0.1) is 0 Å². The van der Waals surface area contributed by atoms with E-state index in [2.05, 4.69) is 37.7 Å². The highest BCUT2D eigenvalue weighted by Crippen LogP contribution is 2.37. The van der Waals surface area contributed by atoms with Crippen molar-refractivity contribution in [1.82, 2.24) is 9.80 Å². The minimum Gasteiger partial charge on any atom is -0.327 e. The fourth-order valence-electron chi connectivity index (χ4n) is 4.05. The molecule has 0 spiro atoms. The normalized spacial score (nSPS) is 36.0. The molecule has 0 aromatic carbocycles. The first-order valence-corrected chi connectivity index (χ1v) is 8.04. The largest absolute Gasteiger partial charge is 0.327 e. The maximum Gasteiger partial charge on any atom is 0.0220 e. The van der Waals surface area contributed by atoms with Gasteiger partial charge >= 0.3 is 0 Å². The summed E-state index contributed by atoms with van der Waals surface area (Å²) in [6.07, 6.45) is 6.69. The molecule has 0 aromatic rings. The van der Waals surface area contributed by atoms with Crippen molar-refractivity contribution in [2.24, 2.45) is 17.1 Å². The second-order valence-corrected chi connectivity index (χ2v) is 7.66. The molecule has 0 radical (unpaired) electrons. The number of rotatable bonds is 4. The third-order valence-corrected chi connectivity index (χ3v) is 5.55. The lowest BCUT2D eigenvalue weighted by Gasteiger charge is -2.43. The summed E-state index contributed by atoms with van der Waals surface area (Å²) >= 11 is 0. The Bertz CT molecular complexity index is 290. The van der Waals surface area contributed by atoms with Crippen LogP contribution in [0.3, 0.4) is 0 Å². The Balaban J connectivity index is 1.82. The Hall–Kier alpha value is -0.120. The summed E-state index contributed by atoms with van der Waals surface area (Å²) in [5, 5.41) is 0. The fraction of sp³-hybridized carbons (Fsp3) is 1.00. The fourth-order valence-corrected chi connectivity index (χ4v) is 4.05. The van der Waals surface area contributed by atoms with Crippen LogP contribution < -0.4 is 5.73 Å². The summed E-state index contributed by atoms with van der Waals surface area (Å²) in [5.74, 6) is 0.681. The van der Waals surface area contributed by atoms with Crippen molar-refractivity contribution in [2.75, 3.05) is 33.7 Å². The molecule has 1 saturated carbocycles. The van der Waals surface area contributed by atoms with E-state index < -0.39 is 0 Å². The lowest BCUT2D eigenvalue weighted by molar-refractivity contribution is 0.102. The first kappa shape index (κ1) is 15.3. The molecule has 2 aliphatic rings. The van der Waals surface area contributed by atoms with Gasteiger partial charge in [-0.2, -0.15) is 0 Å². The van der Waals surface area contributed by atoms with Crippen LogP contribution in [0.4, 0.5) is 0 Å². The molecule has 0 aromatic heterocycles. The van der Waals surface area contributed by atoms with Crippen LogP contribution in [0, 0.1) is 11.3 Å². The maximum atomic E-state index is 6.50. The molecule has 3 unspecified atom stereocenters. The van der Waals surface area contributed by atoms with E-state index in [4.69, 9.17) is 5.73 Å². The van der Waals surface area contributed by atoms with Crippen molar-refractivity contribution < 1.29 is 0 Å². The van der Waals surface area contributed by atoms with Gasteiger partial charge in [0.15, 0.2) is 0 Å². The number of hydrogen-bond donors (Lipinski definition) is 1. The van der Waals surface area contributed by atoms with Crippen LogP contribution in [0.25, 0.3) is 0 Å². The van der Waals surface area contributed by atoms with Crippen LogP contribution in [0.15, 0.2) is 0 Å². The molecular weight excluding hydrogens is 234 g/mol. The molecule has 1 heterocycles. The van der Waals surface area contributed by atoms with E-state index in [9.17, 15) is 0 Å². The highest BCUT2D eigenvalue weighted by molar-refractivity contribution is 4.92. The van der Waals surface area contributed by atoms with Gasteiger partial charge in [-0.25, -0.2) is 0 Å². The zero-order chi connectivity index (χ0) is 14.0. The van der Waals surface area contributed by atoms with Gasteiger partial charge < -0.3 is 15.5 Å². The zero-order valence-corrected chi connectivity index (χ0v) is 13.4. The zero-order valence-electron chi connectivity index (χ0n) is 13.4. The van der Waals surface area contributed by atoms with E-state index in [1.54, 1.807) is 0 Å². The molecule has 3 nitrogen and oxygen atoms in total. The van der Waals surface area contributed by atoms with Crippen molar-refractivity contribution in [2.45, 2.75) is 58.0 Å². The average Bonchev–Trinajstić information content (AvgIpc) is 2.71. The summed E-state index contributed by atoms with van der Waals surface area (Å²) in [6, 6.07) is 1.13. The summed E-state index contributed by atoms with van der Waals surface area (Å²) in [6.45, 7) is 8.34. The molecule has 0 bridgehead atoms. The van der Waals surface area contributed by atoms with Gasteiger partial charge in [-0.1, -0.05) is 20.3 Å². The van der Waals surface area contributed by atoms with Gasteiger partial charge in [0.2, 0.25) is 0 Å². The number of likely N-dealkylation sites (tertiary alicyclic amines) is 1. The second-order valence-electron chi connectivity index (χ2n) is 7.66. The predicted molar refractivity (Wildman–Crippen MR) is 82.2 cm³/mol. The van der Waals surface area contributed by atoms with E-state index in [0.29, 0.717) is 17.4 Å². The minimum atomic E-state index is 0.327. The highest BCUT2D eigenvalue weighted by Gasteiger charge is 2.36. The van der Waals surface area contributed by atoms with E-state index in [-0.39, 0.29) is 0 Å². The summed E-state index contributed by atoms with van der Waals surface area (Å²) in [5.41, 5.74) is 6.83. The summed E-state index contributed by atoms with van der Waals surface area (Å²) in [7, 11) is 4.54. The van der Waals surface area contributed by atoms with Gasteiger partial charge in [-0.15, -0.1) is 0 Å². The standard InChI is InChI=1S/C16H33N3/c1-16(2)9-5-7-13(15(16)17)11-18(3)12-14-8-6-10-19(14)4/h13-15H,5-12,17H2,1-4H3. The number of likely N-dealkylation sites (N-methyl/N-ethyl adjacent to an activating group) is 2. The molecule has 3 heteroatoms. The third kappa shape index (κ3) is 3.71. The Morgan fingerprint density at radius 1 is 1.21 bits per heavy atom. The first-order chi connectivity index (χ1) is 8.90. The van der Waals surface area contributed by atoms with Crippen LogP contribution in [0.5, 0.6) is 0 Å². The van der Waals surface area contributed by atoms with Crippen molar-refractivity contribution in [1.29, 1.82) is 0 Å². The van der Waals surface area contributed by atoms with Crippen LogP contribution in [0.1, 0.15) is 46.0 Å². The van der Waals surface area contributed by atoms with Gasteiger partial charge in [0, 0.05) is 25.2 Å². The Morgan fingerprint density at radius 2 is 1.95 bits per heavy atom. The van der Waals surface area contributed by atoms with Crippen molar-refractivity contribution in [3.8, 4) is 0 Å². The molecule has 2 fully saturated rings. The molecule has 19 heavy (non-hydrogen) atoms. The molecular formula is C16H33N3. The Kier molecular flexibility index (Phi) is 4.91. The molecule has 1 saturated heterocycles. The molecule has 0 amide bonds. The van der Waals surface area contributed by atoms with Crippen molar-refractivity contribution in [3.05, 3.63) is 0 Å².